The fraction of sp³-hybridized carbons (Fsp3) is 0.600. The SMILES string of the molecule is C.CC(C)(C)OC(=O)CCN(CC(=O)N1CCc2cc(O)ccc21)C(=O)OC(C)(C)C.CN(C)c1cc(CCl)ccc1C1CCCCC1.CN(C)c1cc(COc2ccc3c(c2)CCN3C(=O)CN(CCC(=O)OC(C)(C)C)C(=O)OC(C)(C)C)ccc1C1CCCCC1.Cl. The standard InChI is InChI=1S/C37H53N3O6.C22H32N2O6.C15H22ClN.CH4.ClH/c1-36(2,3)45-34(42)19-20-39(35(43)46-37(4,5)6)24-33(41)40-21-18-28-23-29(15-17-31(28)40)44-25-26-14-16-30(32(22-26)38(7)8)27-12-10-9-11-13-27;1-21(2,3)29-19(27)10-11-23(20(28)30-22(4,5)6)14-18(26)24-12-9-15-13-16(25)7-8-17(15)24;1-17(2)15-10-12(11-16)8-9-14(15)13-6-4-3-5-7-13;;/h14-17,22-23,27H,9-13,18-21,24-25H2,1-8H3;7-8,13,25H,9-12,14H2,1-6H3;8-10,13H,3-7,11H2,1-2H3;1H4;1H. The molecular weight excluding hydrogens is 1250 g/mol. The molecule has 8 rings (SSSR count). The number of fused-ring (bicyclic) bond motifs is 2. The van der Waals surface area contributed by atoms with Gasteiger partial charge in [0.2, 0.25) is 11.8 Å². The summed E-state index contributed by atoms with van der Waals surface area (Å²) in [6, 6.07) is 24.1. The van der Waals surface area contributed by atoms with Crippen molar-refractivity contribution in [3.8, 4) is 11.5 Å². The van der Waals surface area contributed by atoms with Gasteiger partial charge in [-0.2, -0.15) is 0 Å². The molecule has 0 aromatic heterocycles. The number of hydrogen-bond donors (Lipinski definition) is 1. The Balaban J connectivity index is 0.000000335. The summed E-state index contributed by atoms with van der Waals surface area (Å²) in [5, 5.41) is 9.63. The van der Waals surface area contributed by atoms with E-state index in [1.807, 2.05) is 18.2 Å². The Kier molecular flexibility index (Phi) is 30.4. The van der Waals surface area contributed by atoms with Crippen LogP contribution in [-0.2, 0) is 63.5 Å². The van der Waals surface area contributed by atoms with Gasteiger partial charge in [0.15, 0.2) is 0 Å². The smallest absolute Gasteiger partial charge is 0.410 e. The third kappa shape index (κ3) is 25.9. The van der Waals surface area contributed by atoms with E-state index >= 15 is 0 Å². The number of aromatic hydroxyl groups is 1. The fourth-order valence-electron chi connectivity index (χ4n) is 12.0. The van der Waals surface area contributed by atoms with E-state index < -0.39 is 46.5 Å². The summed E-state index contributed by atoms with van der Waals surface area (Å²) >= 11 is 5.92. The molecule has 0 atom stereocenters. The van der Waals surface area contributed by atoms with Gasteiger partial charge < -0.3 is 48.4 Å². The minimum atomic E-state index is -0.744. The van der Waals surface area contributed by atoms with E-state index in [1.54, 1.807) is 105 Å². The molecule has 2 aliphatic carbocycles. The van der Waals surface area contributed by atoms with Crippen molar-refractivity contribution >= 4 is 82.7 Å². The first-order valence-corrected chi connectivity index (χ1v) is 33.8. The lowest BCUT2D eigenvalue weighted by Gasteiger charge is -2.29. The maximum Gasteiger partial charge on any atom is 0.410 e. The Morgan fingerprint density at radius 1 is 0.516 bits per heavy atom. The molecule has 4 aromatic carbocycles. The van der Waals surface area contributed by atoms with E-state index in [0.717, 1.165) is 34.0 Å². The van der Waals surface area contributed by atoms with Crippen LogP contribution in [0.3, 0.4) is 0 Å². The lowest BCUT2D eigenvalue weighted by Crippen LogP contribution is -2.45. The van der Waals surface area contributed by atoms with Gasteiger partial charge in [0.05, 0.1) is 12.8 Å². The monoisotopic (exact) mass is 1360 g/mol. The first-order chi connectivity index (χ1) is 43.6. The summed E-state index contributed by atoms with van der Waals surface area (Å²) < 4.78 is 27.9. The molecule has 4 amide bonds. The summed E-state index contributed by atoms with van der Waals surface area (Å²) in [6.07, 6.45) is 13.3. The molecule has 0 unspecified atom stereocenters. The summed E-state index contributed by atoms with van der Waals surface area (Å²) in [6.45, 7) is 22.2. The summed E-state index contributed by atoms with van der Waals surface area (Å²) in [4.78, 5) is 86.8. The molecule has 0 saturated heterocycles. The van der Waals surface area contributed by atoms with Crippen LogP contribution in [0.1, 0.15) is 213 Å². The van der Waals surface area contributed by atoms with Crippen LogP contribution in [0.4, 0.5) is 32.3 Å². The van der Waals surface area contributed by atoms with Gasteiger partial charge in [-0.1, -0.05) is 70.2 Å². The van der Waals surface area contributed by atoms with Gasteiger partial charge in [-0.3, -0.25) is 29.0 Å². The first-order valence-electron chi connectivity index (χ1n) is 33.3. The van der Waals surface area contributed by atoms with E-state index in [0.29, 0.717) is 50.0 Å². The molecule has 528 valence electrons. The van der Waals surface area contributed by atoms with Crippen LogP contribution in [0.25, 0.3) is 0 Å². The van der Waals surface area contributed by atoms with Gasteiger partial charge in [0.25, 0.3) is 0 Å². The summed E-state index contributed by atoms with van der Waals surface area (Å²) in [5.74, 6) is 1.48. The molecule has 2 fully saturated rings. The van der Waals surface area contributed by atoms with Crippen LogP contribution >= 0.6 is 24.0 Å². The largest absolute Gasteiger partial charge is 0.508 e. The third-order valence-corrected chi connectivity index (χ3v) is 16.6. The number of phenolic OH excluding ortho intramolecular Hbond substituents is 1. The Labute approximate surface area is 579 Å². The van der Waals surface area contributed by atoms with Crippen LogP contribution in [-0.4, -0.2) is 141 Å². The van der Waals surface area contributed by atoms with Crippen LogP contribution in [0.15, 0.2) is 72.8 Å². The van der Waals surface area contributed by atoms with E-state index in [2.05, 4.69) is 74.4 Å². The molecule has 20 heteroatoms. The Morgan fingerprint density at radius 3 is 1.31 bits per heavy atom. The topological polar surface area (TPSA) is 188 Å². The molecule has 2 heterocycles. The molecule has 95 heavy (non-hydrogen) atoms. The highest BCUT2D eigenvalue weighted by molar-refractivity contribution is 6.17. The van der Waals surface area contributed by atoms with Crippen LogP contribution < -0.4 is 24.3 Å². The highest BCUT2D eigenvalue weighted by Crippen LogP contribution is 2.40. The molecule has 2 aliphatic heterocycles. The lowest BCUT2D eigenvalue weighted by molar-refractivity contribution is -0.156. The van der Waals surface area contributed by atoms with E-state index in [4.69, 9.17) is 35.3 Å². The average Bonchev–Trinajstić information content (AvgIpc) is 1.78. The normalized spacial score (nSPS) is 14.7. The Hall–Kier alpha value is -6.92. The molecule has 0 bridgehead atoms. The number of esters is 2. The quantitative estimate of drug-likeness (QED) is 0.0563. The van der Waals surface area contributed by atoms with Crippen molar-refractivity contribution in [2.24, 2.45) is 0 Å². The number of nitrogens with zero attached hydrogens (tertiary/aromatic N) is 6. The van der Waals surface area contributed by atoms with Gasteiger partial charge in [0, 0.05) is 83.0 Å². The molecule has 0 spiro atoms. The first kappa shape index (κ1) is 80.5. The van der Waals surface area contributed by atoms with Gasteiger partial charge in [-0.05, 0) is 215 Å². The van der Waals surface area contributed by atoms with Crippen molar-refractivity contribution in [2.75, 3.05) is 87.1 Å². The number of anilines is 4. The molecular formula is C75H112Cl2N6O12. The second-order valence-corrected chi connectivity index (χ2v) is 29.6. The van der Waals surface area contributed by atoms with Crippen LogP contribution in [0.5, 0.6) is 11.5 Å². The number of hydrogen-bond acceptors (Lipinski definition) is 14. The van der Waals surface area contributed by atoms with Crippen molar-refractivity contribution in [1.82, 2.24) is 9.80 Å². The predicted molar refractivity (Wildman–Crippen MR) is 384 cm³/mol. The summed E-state index contributed by atoms with van der Waals surface area (Å²) in [5.41, 5.74) is 8.58. The predicted octanol–water partition coefficient (Wildman–Crippen LogP) is 16.1. The number of alkyl halides is 1. The highest BCUT2D eigenvalue weighted by atomic mass is 35.5. The maximum absolute atomic E-state index is 13.5. The second kappa shape index (κ2) is 35.9. The minimum Gasteiger partial charge on any atom is -0.508 e. The third-order valence-electron chi connectivity index (χ3n) is 16.3. The Morgan fingerprint density at radius 2 is 0.905 bits per heavy atom. The number of benzene rings is 4. The molecule has 1 N–H and O–H groups in total. The molecule has 18 nitrogen and oxygen atoms in total. The fourth-order valence-corrected chi connectivity index (χ4v) is 12.2. The van der Waals surface area contributed by atoms with E-state index in [9.17, 15) is 33.9 Å². The number of ether oxygens (including phenoxy) is 5. The second-order valence-electron chi connectivity index (χ2n) is 29.3. The van der Waals surface area contributed by atoms with Crippen molar-refractivity contribution in [3.63, 3.8) is 0 Å². The number of phenols is 1. The van der Waals surface area contributed by atoms with Crippen molar-refractivity contribution < 1.29 is 57.6 Å². The van der Waals surface area contributed by atoms with Gasteiger partial charge in [0.1, 0.15) is 53.6 Å². The number of halogens is 2. The van der Waals surface area contributed by atoms with E-state index in [1.165, 1.54) is 108 Å². The zero-order valence-electron chi connectivity index (χ0n) is 59.0. The maximum atomic E-state index is 13.5. The van der Waals surface area contributed by atoms with Gasteiger partial charge in [-0.25, -0.2) is 9.59 Å². The lowest BCUT2D eigenvalue weighted by atomic mass is 9.83. The zero-order chi connectivity index (χ0) is 68.6. The minimum absolute atomic E-state index is 0. The van der Waals surface area contributed by atoms with Crippen molar-refractivity contribution in [1.29, 1.82) is 0 Å². The molecule has 4 aromatic rings. The number of amides is 4. The molecule has 4 aliphatic rings. The zero-order valence-corrected chi connectivity index (χ0v) is 60.6. The van der Waals surface area contributed by atoms with Gasteiger partial charge in [-0.15, -0.1) is 24.0 Å². The van der Waals surface area contributed by atoms with E-state index in [-0.39, 0.29) is 76.4 Å². The molecule has 2 saturated carbocycles. The Bertz CT molecular complexity index is 3190. The van der Waals surface area contributed by atoms with Crippen molar-refractivity contribution in [2.45, 2.75) is 227 Å². The summed E-state index contributed by atoms with van der Waals surface area (Å²) in [7, 11) is 8.46. The van der Waals surface area contributed by atoms with Crippen LogP contribution in [0.2, 0.25) is 0 Å². The van der Waals surface area contributed by atoms with Crippen molar-refractivity contribution in [3.05, 3.63) is 106 Å². The van der Waals surface area contributed by atoms with Crippen LogP contribution in [0, 0.1) is 0 Å². The van der Waals surface area contributed by atoms with Gasteiger partial charge >= 0.3 is 24.1 Å². The number of carbonyl (C=O) groups is 6. The molecule has 0 radical (unpaired) electrons. The highest BCUT2D eigenvalue weighted by Gasteiger charge is 2.33. The average molecular weight is 1360 g/mol. The number of rotatable bonds is 18. The number of carbonyl (C=O) groups excluding carboxylic acids is 6.